The largest absolute Gasteiger partial charge is 0.481 e. The predicted molar refractivity (Wildman–Crippen MR) is 35.7 cm³/mol. The van der Waals surface area contributed by atoms with Gasteiger partial charge in [0.05, 0.1) is 6.61 Å². The van der Waals surface area contributed by atoms with Gasteiger partial charge in [-0.1, -0.05) is 0 Å². The van der Waals surface area contributed by atoms with Crippen LogP contribution in [0.2, 0.25) is 0 Å². The van der Waals surface area contributed by atoms with E-state index in [0.717, 1.165) is 6.92 Å². The van der Waals surface area contributed by atoms with Gasteiger partial charge in [0.15, 0.2) is 5.92 Å². The van der Waals surface area contributed by atoms with E-state index < -0.39 is 17.9 Å². The van der Waals surface area contributed by atoms with Crippen LogP contribution < -0.4 is 0 Å². The summed E-state index contributed by atoms with van der Waals surface area (Å²) < 4.78 is 0. The maximum atomic E-state index is 9.76. The Morgan fingerprint density at radius 2 is 1.45 bits per heavy atom. The van der Waals surface area contributed by atoms with Crippen molar-refractivity contribution in [1.82, 2.24) is 0 Å². The summed E-state index contributed by atoms with van der Waals surface area (Å²) in [7, 11) is 0. The molecule has 5 nitrogen and oxygen atoms in total. The fraction of sp³-hybridized carbons (Fsp3) is 0.667. The molecule has 0 bridgehead atoms. The minimum atomic E-state index is -1.31. The van der Waals surface area contributed by atoms with Crippen molar-refractivity contribution in [3.8, 4) is 0 Å². The number of hydrogen-bond donors (Lipinski definition) is 2. The Labute approximate surface area is 64.3 Å². The highest BCUT2D eigenvalue weighted by Crippen LogP contribution is 1.91. The smallest absolute Gasteiger partial charge is 0.317 e. The molecule has 0 aromatic heterocycles. The fourth-order valence-electron chi connectivity index (χ4n) is 0.106. The van der Waals surface area contributed by atoms with E-state index in [-0.39, 0.29) is 6.61 Å². The summed E-state index contributed by atoms with van der Waals surface area (Å²) in [5.41, 5.74) is 0. The molecule has 65 valence electrons. The lowest BCUT2D eigenvalue weighted by Crippen LogP contribution is -2.19. The van der Waals surface area contributed by atoms with Crippen LogP contribution in [0.4, 0.5) is 0 Å². The van der Waals surface area contributed by atoms with E-state index in [1.165, 1.54) is 0 Å². The average Bonchev–Trinajstić information content (AvgIpc) is 1.87. The second kappa shape index (κ2) is 7.01. The Morgan fingerprint density at radius 1 is 1.27 bits per heavy atom. The Bertz CT molecular complexity index is 117. The van der Waals surface area contributed by atoms with Gasteiger partial charge < -0.3 is 10.2 Å². The molecule has 5 heteroatoms. The van der Waals surface area contributed by atoms with Crippen molar-refractivity contribution in [2.45, 2.75) is 13.8 Å². The number of aliphatic carboxylic acids is 2. The number of carbonyl (C=O) groups is 2. The van der Waals surface area contributed by atoms with Crippen molar-refractivity contribution in [2.24, 2.45) is 5.92 Å². The second-order valence-electron chi connectivity index (χ2n) is 1.69. The van der Waals surface area contributed by atoms with Crippen molar-refractivity contribution in [3.05, 3.63) is 0 Å². The third-order valence-corrected chi connectivity index (χ3v) is 0.741. The first-order valence-electron chi connectivity index (χ1n) is 3.01. The van der Waals surface area contributed by atoms with Gasteiger partial charge in [-0.05, 0) is 13.8 Å². The summed E-state index contributed by atoms with van der Waals surface area (Å²) in [5, 5.41) is 24.9. The molecule has 0 aromatic carbocycles. The second-order valence-corrected chi connectivity index (χ2v) is 1.69. The maximum absolute atomic E-state index is 9.76. The van der Waals surface area contributed by atoms with Gasteiger partial charge in [-0.3, -0.25) is 9.59 Å². The summed E-state index contributed by atoms with van der Waals surface area (Å²) in [4.78, 5) is 19.5. The van der Waals surface area contributed by atoms with Gasteiger partial charge >= 0.3 is 11.9 Å². The number of hydrogen-bond acceptors (Lipinski definition) is 2. The molecule has 0 aromatic rings. The third-order valence-electron chi connectivity index (χ3n) is 0.741. The van der Waals surface area contributed by atoms with Gasteiger partial charge in [0.2, 0.25) is 0 Å². The Kier molecular flexibility index (Phi) is 8.01. The lowest BCUT2D eigenvalue weighted by Gasteiger charge is -1.94. The van der Waals surface area contributed by atoms with Crippen molar-refractivity contribution in [2.75, 3.05) is 6.61 Å². The molecule has 0 fully saturated rings. The highest BCUT2D eigenvalue weighted by Gasteiger charge is 2.18. The Morgan fingerprint density at radius 3 is 1.45 bits per heavy atom. The van der Waals surface area contributed by atoms with E-state index in [1.807, 2.05) is 0 Å². The van der Waals surface area contributed by atoms with Gasteiger partial charge in [-0.15, -0.1) is 0 Å². The normalized spacial score (nSPS) is 8.36. The van der Waals surface area contributed by atoms with Crippen LogP contribution >= 0.6 is 0 Å². The summed E-state index contributed by atoms with van der Waals surface area (Å²) >= 11 is 0. The Hall–Kier alpha value is -1.10. The van der Waals surface area contributed by atoms with Crippen LogP contribution in [0.15, 0.2) is 0 Å². The summed E-state index contributed by atoms with van der Waals surface area (Å²) in [6, 6.07) is 0. The van der Waals surface area contributed by atoms with E-state index in [2.05, 4.69) is 0 Å². The monoisotopic (exact) mass is 163 g/mol. The first kappa shape index (κ1) is 12.6. The van der Waals surface area contributed by atoms with Crippen LogP contribution in [0.5, 0.6) is 0 Å². The third kappa shape index (κ3) is 8.90. The number of carboxylic acids is 2. The predicted octanol–water partition coefficient (Wildman–Crippen LogP) is 0.228. The van der Waals surface area contributed by atoms with Crippen LogP contribution in [0.3, 0.4) is 0 Å². The molecular formula is C6H11O5. The molecule has 1 radical (unpaired) electrons. The van der Waals surface area contributed by atoms with E-state index in [1.54, 1.807) is 6.92 Å². The number of carboxylic acid groups (broad SMARTS) is 2. The summed E-state index contributed by atoms with van der Waals surface area (Å²) in [5.74, 6) is -3.91. The van der Waals surface area contributed by atoms with Crippen molar-refractivity contribution in [1.29, 1.82) is 0 Å². The topological polar surface area (TPSA) is 94.5 Å². The van der Waals surface area contributed by atoms with E-state index in [4.69, 9.17) is 15.3 Å². The van der Waals surface area contributed by atoms with Crippen molar-refractivity contribution in [3.63, 3.8) is 0 Å². The molecule has 0 rings (SSSR count). The first-order valence-corrected chi connectivity index (χ1v) is 3.01. The highest BCUT2D eigenvalue weighted by molar-refractivity contribution is 5.92. The van der Waals surface area contributed by atoms with E-state index >= 15 is 0 Å². The first-order chi connectivity index (χ1) is 4.97. The van der Waals surface area contributed by atoms with Crippen LogP contribution in [0.25, 0.3) is 0 Å². The van der Waals surface area contributed by atoms with E-state index in [9.17, 15) is 9.59 Å². The van der Waals surface area contributed by atoms with Gasteiger partial charge in [-0.2, -0.15) is 0 Å². The quantitative estimate of drug-likeness (QED) is 0.569. The van der Waals surface area contributed by atoms with Gasteiger partial charge in [0.1, 0.15) is 0 Å². The molecule has 11 heavy (non-hydrogen) atoms. The molecule has 0 saturated carbocycles. The summed E-state index contributed by atoms with van der Waals surface area (Å²) in [6.45, 7) is 2.69. The molecule has 0 heterocycles. The highest BCUT2D eigenvalue weighted by atomic mass is 16.4. The van der Waals surface area contributed by atoms with E-state index in [0.29, 0.717) is 0 Å². The van der Waals surface area contributed by atoms with Crippen LogP contribution in [-0.4, -0.2) is 28.8 Å². The van der Waals surface area contributed by atoms with Crippen LogP contribution in [0.1, 0.15) is 13.8 Å². The van der Waals surface area contributed by atoms with Gasteiger partial charge in [-0.25, -0.2) is 5.11 Å². The van der Waals surface area contributed by atoms with Gasteiger partial charge in [0.25, 0.3) is 0 Å². The minimum absolute atomic E-state index is 0. The fourth-order valence-corrected chi connectivity index (χ4v) is 0.106. The van der Waals surface area contributed by atoms with Gasteiger partial charge in [0, 0.05) is 0 Å². The summed E-state index contributed by atoms with van der Waals surface area (Å²) in [6.07, 6.45) is 0. The van der Waals surface area contributed by atoms with Crippen LogP contribution in [-0.2, 0) is 14.7 Å². The number of rotatable bonds is 2. The zero-order chi connectivity index (χ0) is 9.44. The maximum Gasteiger partial charge on any atom is 0.317 e. The lowest BCUT2D eigenvalue weighted by molar-refractivity contribution is -0.153. The Balaban J connectivity index is 0. The zero-order valence-corrected chi connectivity index (χ0v) is 6.40. The molecule has 0 amide bonds. The molecule has 0 spiro atoms. The molecule has 0 unspecified atom stereocenters. The van der Waals surface area contributed by atoms with Crippen molar-refractivity contribution >= 4 is 11.9 Å². The van der Waals surface area contributed by atoms with Crippen LogP contribution in [0, 0.1) is 5.92 Å². The standard InChI is InChI=1S/C4H6O4.C2H5O/c1-2(3(5)6)4(7)8;1-2-3/h2H,1H3,(H,5,6)(H,7,8);2H2,1H3. The molecule has 2 N–H and O–H groups in total. The SMILES string of the molecule is CC(C(=O)O)C(=O)O.CC[O]. The minimum Gasteiger partial charge on any atom is -0.481 e. The average molecular weight is 163 g/mol. The molecule has 0 atom stereocenters. The lowest BCUT2D eigenvalue weighted by atomic mass is 10.2. The van der Waals surface area contributed by atoms with Crippen molar-refractivity contribution < 1.29 is 24.9 Å². The molecule has 0 aliphatic heterocycles. The molecule has 0 saturated heterocycles. The molecular weight excluding hydrogens is 152 g/mol. The zero-order valence-electron chi connectivity index (χ0n) is 6.40. The molecule has 0 aliphatic carbocycles. The molecule has 0 aliphatic rings.